The zero-order valence-corrected chi connectivity index (χ0v) is 9.63. The van der Waals surface area contributed by atoms with Crippen LogP contribution in [0.4, 0.5) is 0 Å². The molecule has 0 unspecified atom stereocenters. The largest absolute Gasteiger partial charge is 0.490 e. The number of carbonyl (C=O) groups is 1. The van der Waals surface area contributed by atoms with E-state index in [4.69, 9.17) is 10.5 Å². The highest BCUT2D eigenvalue weighted by Crippen LogP contribution is 2.26. The lowest BCUT2D eigenvalue weighted by Gasteiger charge is -2.16. The van der Waals surface area contributed by atoms with E-state index in [1.165, 1.54) is 0 Å². The van der Waals surface area contributed by atoms with Crippen molar-refractivity contribution in [3.63, 3.8) is 0 Å². The molecule has 1 rings (SSSR count). The van der Waals surface area contributed by atoms with Gasteiger partial charge in [-0.2, -0.15) is 0 Å². The number of amides is 1. The standard InChI is InChI=1S/C12H17NO2/c1-7(2)15-11-9(4)5-8(3)6-10(11)12(13)14/h5-7H,1-4H3,(H2,13,14). The number of rotatable bonds is 3. The Morgan fingerprint density at radius 3 is 2.40 bits per heavy atom. The number of hydrogen-bond acceptors (Lipinski definition) is 2. The smallest absolute Gasteiger partial charge is 0.252 e. The van der Waals surface area contributed by atoms with E-state index in [9.17, 15) is 4.79 Å². The van der Waals surface area contributed by atoms with Crippen molar-refractivity contribution in [2.24, 2.45) is 5.73 Å². The molecule has 2 N–H and O–H groups in total. The molecule has 0 fully saturated rings. The van der Waals surface area contributed by atoms with E-state index in [1.807, 2.05) is 33.8 Å². The Kier molecular flexibility index (Phi) is 3.35. The first kappa shape index (κ1) is 11.6. The zero-order chi connectivity index (χ0) is 11.6. The van der Waals surface area contributed by atoms with Gasteiger partial charge in [0.25, 0.3) is 5.91 Å². The highest BCUT2D eigenvalue weighted by molar-refractivity contribution is 5.96. The molecule has 1 amide bonds. The maximum absolute atomic E-state index is 11.2. The number of nitrogens with two attached hydrogens (primary N) is 1. The summed E-state index contributed by atoms with van der Waals surface area (Å²) in [7, 11) is 0. The molecule has 0 radical (unpaired) electrons. The van der Waals surface area contributed by atoms with Crippen LogP contribution in [0.25, 0.3) is 0 Å². The van der Waals surface area contributed by atoms with Crippen molar-refractivity contribution in [2.45, 2.75) is 33.8 Å². The topological polar surface area (TPSA) is 52.3 Å². The van der Waals surface area contributed by atoms with Crippen LogP contribution in [0.3, 0.4) is 0 Å². The van der Waals surface area contributed by atoms with Crippen LogP contribution in [-0.2, 0) is 0 Å². The summed E-state index contributed by atoms with van der Waals surface area (Å²) >= 11 is 0. The van der Waals surface area contributed by atoms with Crippen molar-refractivity contribution in [1.29, 1.82) is 0 Å². The van der Waals surface area contributed by atoms with Gasteiger partial charge in [-0.15, -0.1) is 0 Å². The zero-order valence-electron chi connectivity index (χ0n) is 9.63. The number of carbonyl (C=O) groups excluding carboxylic acids is 1. The van der Waals surface area contributed by atoms with Crippen LogP contribution in [0.15, 0.2) is 12.1 Å². The fourth-order valence-electron chi connectivity index (χ4n) is 1.53. The van der Waals surface area contributed by atoms with E-state index in [1.54, 1.807) is 6.07 Å². The van der Waals surface area contributed by atoms with Crippen molar-refractivity contribution in [2.75, 3.05) is 0 Å². The Morgan fingerprint density at radius 2 is 1.93 bits per heavy atom. The van der Waals surface area contributed by atoms with Gasteiger partial charge in [-0.1, -0.05) is 6.07 Å². The average molecular weight is 207 g/mol. The third-order valence-electron chi connectivity index (χ3n) is 2.04. The maximum Gasteiger partial charge on any atom is 0.252 e. The van der Waals surface area contributed by atoms with Crippen LogP contribution in [0.2, 0.25) is 0 Å². The minimum Gasteiger partial charge on any atom is -0.490 e. The summed E-state index contributed by atoms with van der Waals surface area (Å²) in [6.45, 7) is 7.68. The van der Waals surface area contributed by atoms with Crippen molar-refractivity contribution >= 4 is 5.91 Å². The van der Waals surface area contributed by atoms with Crippen molar-refractivity contribution in [3.05, 3.63) is 28.8 Å². The average Bonchev–Trinajstić information content (AvgIpc) is 2.08. The Balaban J connectivity index is 3.27. The first-order chi connectivity index (χ1) is 6.91. The summed E-state index contributed by atoms with van der Waals surface area (Å²) in [5.41, 5.74) is 7.72. The summed E-state index contributed by atoms with van der Waals surface area (Å²) in [6, 6.07) is 3.73. The minimum atomic E-state index is -0.447. The van der Waals surface area contributed by atoms with Crippen LogP contribution >= 0.6 is 0 Å². The second-order valence-corrected chi connectivity index (χ2v) is 3.99. The molecule has 0 bridgehead atoms. The SMILES string of the molecule is Cc1cc(C)c(OC(C)C)c(C(N)=O)c1. The molecular weight excluding hydrogens is 190 g/mol. The molecular formula is C12H17NO2. The summed E-state index contributed by atoms with van der Waals surface area (Å²) < 4.78 is 5.59. The molecule has 0 heterocycles. The van der Waals surface area contributed by atoms with Gasteiger partial charge in [0.2, 0.25) is 0 Å². The van der Waals surface area contributed by atoms with Crippen molar-refractivity contribution in [1.82, 2.24) is 0 Å². The van der Waals surface area contributed by atoms with Crippen LogP contribution in [0.5, 0.6) is 5.75 Å². The second kappa shape index (κ2) is 4.34. The Labute approximate surface area is 90.2 Å². The number of primary amides is 1. The summed E-state index contributed by atoms with van der Waals surface area (Å²) in [5, 5.41) is 0. The molecule has 0 atom stereocenters. The van der Waals surface area contributed by atoms with Crippen LogP contribution in [0, 0.1) is 13.8 Å². The van der Waals surface area contributed by atoms with Gasteiger partial charge in [-0.3, -0.25) is 4.79 Å². The van der Waals surface area contributed by atoms with Gasteiger partial charge in [-0.05, 0) is 44.9 Å². The van der Waals surface area contributed by atoms with E-state index in [0.717, 1.165) is 11.1 Å². The highest BCUT2D eigenvalue weighted by atomic mass is 16.5. The van der Waals surface area contributed by atoms with Crippen molar-refractivity contribution < 1.29 is 9.53 Å². The molecule has 0 saturated carbocycles. The van der Waals surface area contributed by atoms with E-state index in [0.29, 0.717) is 11.3 Å². The van der Waals surface area contributed by atoms with Crippen LogP contribution < -0.4 is 10.5 Å². The first-order valence-corrected chi connectivity index (χ1v) is 4.99. The molecule has 0 aliphatic rings. The third kappa shape index (κ3) is 2.72. The number of hydrogen-bond donors (Lipinski definition) is 1. The number of aryl methyl sites for hydroxylation is 2. The van der Waals surface area contributed by atoms with Gasteiger partial charge in [0.1, 0.15) is 5.75 Å². The number of ether oxygens (including phenoxy) is 1. The summed E-state index contributed by atoms with van der Waals surface area (Å²) in [5.74, 6) is 0.153. The Hall–Kier alpha value is -1.51. The normalized spacial score (nSPS) is 10.5. The van der Waals surface area contributed by atoms with Crippen molar-refractivity contribution in [3.8, 4) is 5.75 Å². The van der Waals surface area contributed by atoms with E-state index in [-0.39, 0.29) is 6.10 Å². The fraction of sp³-hybridized carbons (Fsp3) is 0.417. The molecule has 3 heteroatoms. The molecule has 15 heavy (non-hydrogen) atoms. The molecule has 1 aromatic rings. The first-order valence-electron chi connectivity index (χ1n) is 4.99. The molecule has 3 nitrogen and oxygen atoms in total. The van der Waals surface area contributed by atoms with Gasteiger partial charge >= 0.3 is 0 Å². The second-order valence-electron chi connectivity index (χ2n) is 3.99. The monoisotopic (exact) mass is 207 g/mol. The molecule has 0 aliphatic heterocycles. The van der Waals surface area contributed by atoms with Crippen LogP contribution in [-0.4, -0.2) is 12.0 Å². The predicted molar refractivity (Wildman–Crippen MR) is 60.2 cm³/mol. The third-order valence-corrected chi connectivity index (χ3v) is 2.04. The van der Waals surface area contributed by atoms with Crippen LogP contribution in [0.1, 0.15) is 35.3 Å². The van der Waals surface area contributed by atoms with Gasteiger partial charge in [-0.25, -0.2) is 0 Å². The fourth-order valence-corrected chi connectivity index (χ4v) is 1.53. The molecule has 0 saturated heterocycles. The van der Waals surface area contributed by atoms with Gasteiger partial charge in [0, 0.05) is 0 Å². The molecule has 82 valence electrons. The summed E-state index contributed by atoms with van der Waals surface area (Å²) in [4.78, 5) is 11.2. The van der Waals surface area contributed by atoms with E-state index >= 15 is 0 Å². The highest BCUT2D eigenvalue weighted by Gasteiger charge is 2.14. The lowest BCUT2D eigenvalue weighted by molar-refractivity contribution is 0.0994. The Bertz CT molecular complexity index is 383. The van der Waals surface area contributed by atoms with Gasteiger partial charge < -0.3 is 10.5 Å². The Morgan fingerprint density at radius 1 is 1.33 bits per heavy atom. The van der Waals surface area contributed by atoms with Gasteiger partial charge in [0.15, 0.2) is 0 Å². The molecule has 0 aromatic heterocycles. The number of benzene rings is 1. The maximum atomic E-state index is 11.2. The lowest BCUT2D eigenvalue weighted by Crippen LogP contribution is -2.16. The summed E-state index contributed by atoms with van der Waals surface area (Å²) in [6.07, 6.45) is 0.0320. The minimum absolute atomic E-state index is 0.0320. The molecule has 0 spiro atoms. The van der Waals surface area contributed by atoms with E-state index in [2.05, 4.69) is 0 Å². The molecule has 1 aromatic carbocycles. The predicted octanol–water partition coefficient (Wildman–Crippen LogP) is 2.19. The van der Waals surface area contributed by atoms with E-state index < -0.39 is 5.91 Å². The molecule has 0 aliphatic carbocycles. The quantitative estimate of drug-likeness (QED) is 0.826. The van der Waals surface area contributed by atoms with Gasteiger partial charge in [0.05, 0.1) is 11.7 Å². The lowest BCUT2D eigenvalue weighted by atomic mass is 10.1.